The van der Waals surface area contributed by atoms with E-state index in [4.69, 9.17) is 0 Å². The number of rotatable bonds is 1. The van der Waals surface area contributed by atoms with Crippen molar-refractivity contribution in [1.82, 2.24) is 0 Å². The van der Waals surface area contributed by atoms with Gasteiger partial charge in [-0.1, -0.05) is 31.6 Å². The minimum atomic E-state index is 0.327. The summed E-state index contributed by atoms with van der Waals surface area (Å²) in [7, 11) is 0. The third-order valence-electron chi connectivity index (χ3n) is 4.58. The van der Waals surface area contributed by atoms with Crippen LogP contribution in [-0.4, -0.2) is 5.78 Å². The van der Waals surface area contributed by atoms with E-state index in [9.17, 15) is 4.79 Å². The molecule has 0 N–H and O–H groups in total. The number of ketones is 1. The molecule has 0 bridgehead atoms. The Kier molecular flexibility index (Phi) is 3.05. The van der Waals surface area contributed by atoms with Gasteiger partial charge in [-0.25, -0.2) is 0 Å². The standard InChI is InChI=1S/C15H22O/c1-9(2)14-7-10(3)11(4)15-8-12(16)5-6-13(14)15/h8,10-11,13-14H,1,5-7H2,2-4H3/t10-,11?,13+,14+/m1/s1. The third-order valence-corrected chi connectivity index (χ3v) is 4.58. The van der Waals surface area contributed by atoms with Crippen LogP contribution in [0.5, 0.6) is 0 Å². The van der Waals surface area contributed by atoms with Gasteiger partial charge >= 0.3 is 0 Å². The number of carbonyl (C=O) groups excluding carboxylic acids is 1. The Bertz CT molecular complexity index is 350. The lowest BCUT2D eigenvalue weighted by atomic mass is 9.61. The van der Waals surface area contributed by atoms with Crippen molar-refractivity contribution in [2.45, 2.75) is 40.0 Å². The van der Waals surface area contributed by atoms with Crippen molar-refractivity contribution in [1.29, 1.82) is 0 Å². The predicted molar refractivity (Wildman–Crippen MR) is 67.1 cm³/mol. The van der Waals surface area contributed by atoms with E-state index in [0.29, 0.717) is 29.5 Å². The van der Waals surface area contributed by atoms with Gasteiger partial charge in [-0.15, -0.1) is 0 Å². The molecule has 1 heteroatoms. The molecule has 0 aliphatic heterocycles. The summed E-state index contributed by atoms with van der Waals surface area (Å²) in [6.45, 7) is 10.9. The molecule has 1 nitrogen and oxygen atoms in total. The highest BCUT2D eigenvalue weighted by Gasteiger charge is 2.38. The van der Waals surface area contributed by atoms with Crippen molar-refractivity contribution in [2.24, 2.45) is 23.7 Å². The highest BCUT2D eigenvalue weighted by molar-refractivity contribution is 5.91. The summed E-state index contributed by atoms with van der Waals surface area (Å²) in [4.78, 5) is 11.5. The van der Waals surface area contributed by atoms with Crippen molar-refractivity contribution >= 4 is 5.78 Å². The van der Waals surface area contributed by atoms with Gasteiger partial charge in [0.15, 0.2) is 5.78 Å². The maximum absolute atomic E-state index is 11.5. The molecule has 0 spiro atoms. The van der Waals surface area contributed by atoms with Crippen molar-refractivity contribution in [3.8, 4) is 0 Å². The van der Waals surface area contributed by atoms with E-state index in [1.54, 1.807) is 0 Å². The largest absolute Gasteiger partial charge is 0.295 e. The monoisotopic (exact) mass is 218 g/mol. The van der Waals surface area contributed by atoms with Crippen LogP contribution in [0.4, 0.5) is 0 Å². The molecule has 16 heavy (non-hydrogen) atoms. The van der Waals surface area contributed by atoms with Gasteiger partial charge in [-0.05, 0) is 49.5 Å². The molecule has 1 unspecified atom stereocenters. The van der Waals surface area contributed by atoms with Crippen LogP contribution in [0.2, 0.25) is 0 Å². The molecular formula is C15H22O. The lowest BCUT2D eigenvalue weighted by molar-refractivity contribution is -0.115. The van der Waals surface area contributed by atoms with E-state index in [2.05, 4.69) is 27.4 Å². The maximum atomic E-state index is 11.5. The first kappa shape index (κ1) is 11.6. The quantitative estimate of drug-likeness (QED) is 0.612. The molecule has 2 aliphatic carbocycles. The highest BCUT2D eigenvalue weighted by Crippen LogP contribution is 2.47. The van der Waals surface area contributed by atoms with Gasteiger partial charge in [0, 0.05) is 6.42 Å². The molecule has 0 radical (unpaired) electrons. The molecule has 0 aromatic rings. The Morgan fingerprint density at radius 1 is 1.44 bits per heavy atom. The lowest BCUT2D eigenvalue weighted by Crippen LogP contribution is -2.35. The molecule has 1 saturated carbocycles. The van der Waals surface area contributed by atoms with Crippen LogP contribution in [0.1, 0.15) is 40.0 Å². The highest BCUT2D eigenvalue weighted by atomic mass is 16.1. The summed E-state index contributed by atoms with van der Waals surface area (Å²) in [5.41, 5.74) is 2.70. The molecule has 88 valence electrons. The normalized spacial score (nSPS) is 38.9. The average Bonchev–Trinajstić information content (AvgIpc) is 2.23. The fourth-order valence-corrected chi connectivity index (χ4v) is 3.37. The minimum absolute atomic E-state index is 0.327. The average molecular weight is 218 g/mol. The topological polar surface area (TPSA) is 17.1 Å². The van der Waals surface area contributed by atoms with E-state index >= 15 is 0 Å². The third kappa shape index (κ3) is 1.88. The minimum Gasteiger partial charge on any atom is -0.295 e. The molecule has 4 atom stereocenters. The van der Waals surface area contributed by atoms with Crippen LogP contribution in [-0.2, 0) is 4.79 Å². The smallest absolute Gasteiger partial charge is 0.155 e. The van der Waals surface area contributed by atoms with Gasteiger partial charge in [0.1, 0.15) is 0 Å². The van der Waals surface area contributed by atoms with Crippen molar-refractivity contribution in [3.63, 3.8) is 0 Å². The Morgan fingerprint density at radius 2 is 2.12 bits per heavy atom. The first-order valence-corrected chi connectivity index (χ1v) is 6.40. The van der Waals surface area contributed by atoms with Crippen LogP contribution in [0.3, 0.4) is 0 Å². The summed E-state index contributed by atoms with van der Waals surface area (Å²) in [5, 5.41) is 0. The van der Waals surface area contributed by atoms with Crippen molar-refractivity contribution < 1.29 is 4.79 Å². The van der Waals surface area contributed by atoms with Crippen molar-refractivity contribution in [3.05, 3.63) is 23.8 Å². The maximum Gasteiger partial charge on any atom is 0.155 e. The number of allylic oxidation sites excluding steroid dienone is 3. The Hall–Kier alpha value is -0.850. The molecule has 0 heterocycles. The van der Waals surface area contributed by atoms with Crippen LogP contribution < -0.4 is 0 Å². The van der Waals surface area contributed by atoms with E-state index in [-0.39, 0.29) is 0 Å². The fraction of sp³-hybridized carbons (Fsp3) is 0.667. The predicted octanol–water partition coefficient (Wildman–Crippen LogP) is 3.76. The van der Waals surface area contributed by atoms with Gasteiger partial charge in [0.05, 0.1) is 0 Å². The van der Waals surface area contributed by atoms with Crippen LogP contribution in [0.15, 0.2) is 23.8 Å². The molecule has 2 aliphatic rings. The number of fused-ring (bicyclic) bond motifs is 1. The zero-order valence-electron chi connectivity index (χ0n) is 10.6. The zero-order valence-corrected chi connectivity index (χ0v) is 10.6. The van der Waals surface area contributed by atoms with E-state index in [1.807, 2.05) is 6.08 Å². The lowest BCUT2D eigenvalue weighted by Gasteiger charge is -2.43. The van der Waals surface area contributed by atoms with Crippen LogP contribution in [0.25, 0.3) is 0 Å². The fourth-order valence-electron chi connectivity index (χ4n) is 3.37. The first-order chi connectivity index (χ1) is 7.50. The summed E-state index contributed by atoms with van der Waals surface area (Å²) in [5.74, 6) is 2.78. The van der Waals surface area contributed by atoms with Crippen LogP contribution >= 0.6 is 0 Å². The molecule has 1 fully saturated rings. The molecular weight excluding hydrogens is 196 g/mol. The molecule has 0 saturated heterocycles. The Morgan fingerprint density at radius 3 is 2.75 bits per heavy atom. The second kappa shape index (κ2) is 4.20. The zero-order chi connectivity index (χ0) is 11.9. The Labute approximate surface area is 98.6 Å². The van der Waals surface area contributed by atoms with Gasteiger partial charge in [0.2, 0.25) is 0 Å². The van der Waals surface area contributed by atoms with Gasteiger partial charge in [-0.2, -0.15) is 0 Å². The second-order valence-electron chi connectivity index (χ2n) is 5.71. The summed E-state index contributed by atoms with van der Waals surface area (Å²) in [6, 6.07) is 0. The van der Waals surface area contributed by atoms with Crippen LogP contribution in [0, 0.1) is 23.7 Å². The molecule has 2 rings (SSSR count). The number of hydrogen-bond acceptors (Lipinski definition) is 1. The van der Waals surface area contributed by atoms with Gasteiger partial charge in [0.25, 0.3) is 0 Å². The molecule has 0 aromatic carbocycles. The van der Waals surface area contributed by atoms with Gasteiger partial charge in [-0.3, -0.25) is 4.79 Å². The summed E-state index contributed by atoms with van der Waals surface area (Å²) < 4.78 is 0. The number of carbonyl (C=O) groups is 1. The second-order valence-corrected chi connectivity index (χ2v) is 5.71. The van der Waals surface area contributed by atoms with E-state index in [0.717, 1.165) is 12.8 Å². The summed E-state index contributed by atoms with van der Waals surface area (Å²) in [6.07, 6.45) is 4.95. The summed E-state index contributed by atoms with van der Waals surface area (Å²) >= 11 is 0. The Balaban J connectivity index is 2.34. The van der Waals surface area contributed by atoms with E-state index < -0.39 is 0 Å². The first-order valence-electron chi connectivity index (χ1n) is 6.40. The molecule has 0 amide bonds. The number of hydrogen-bond donors (Lipinski definition) is 0. The molecule has 0 aromatic heterocycles. The SMILES string of the molecule is C=C(C)[C@@H]1C[C@@H](C)C(C)C2=CC(=O)CC[C@H]21. The van der Waals surface area contributed by atoms with E-state index in [1.165, 1.54) is 17.6 Å². The van der Waals surface area contributed by atoms with Gasteiger partial charge < -0.3 is 0 Å². The van der Waals surface area contributed by atoms with Crippen molar-refractivity contribution in [2.75, 3.05) is 0 Å².